The lowest BCUT2D eigenvalue weighted by atomic mass is 10.0. The predicted octanol–water partition coefficient (Wildman–Crippen LogP) is 4.31. The third kappa shape index (κ3) is 4.54. The van der Waals surface area contributed by atoms with Crippen LogP contribution in [0.15, 0.2) is 77.7 Å². The minimum absolute atomic E-state index is 0.0857. The summed E-state index contributed by atoms with van der Waals surface area (Å²) in [5, 5.41) is 0. The first-order chi connectivity index (χ1) is 16.2. The van der Waals surface area contributed by atoms with Gasteiger partial charge in [-0.15, -0.1) is 0 Å². The summed E-state index contributed by atoms with van der Waals surface area (Å²) in [4.78, 5) is 27.2. The fourth-order valence-electron chi connectivity index (χ4n) is 4.15. The van der Waals surface area contributed by atoms with Gasteiger partial charge in [0.2, 0.25) is 0 Å². The molecule has 1 atom stereocenters. The Labute approximate surface area is 199 Å². The van der Waals surface area contributed by atoms with Gasteiger partial charge in [0, 0.05) is 17.8 Å². The number of nitrogens with one attached hydrogen (secondary N) is 1. The molecule has 0 bridgehead atoms. The number of sulfonamides is 1. The molecular weight excluding hydrogens is 452 g/mol. The number of benzene rings is 3. The van der Waals surface area contributed by atoms with E-state index in [2.05, 4.69) is 4.72 Å². The van der Waals surface area contributed by atoms with E-state index < -0.39 is 22.0 Å². The number of hydrogen-bond acceptors (Lipinski definition) is 5. The Hall–Kier alpha value is -3.65. The van der Waals surface area contributed by atoms with Crippen LogP contribution in [-0.4, -0.2) is 38.3 Å². The summed E-state index contributed by atoms with van der Waals surface area (Å²) in [6.07, 6.45) is 0. The number of methoxy groups -OCH3 is 1. The summed E-state index contributed by atoms with van der Waals surface area (Å²) in [6.45, 7) is 4.13. The summed E-state index contributed by atoms with van der Waals surface area (Å²) in [5.41, 5.74) is 3.51. The number of anilines is 1. The number of ether oxygens (including phenoxy) is 1. The molecule has 0 radical (unpaired) electrons. The highest BCUT2D eigenvalue weighted by Crippen LogP contribution is 2.32. The molecule has 3 aromatic rings. The van der Waals surface area contributed by atoms with Gasteiger partial charge in [-0.2, -0.15) is 0 Å². The number of nitrogens with zero attached hydrogens (tertiary/aromatic N) is 1. The van der Waals surface area contributed by atoms with Crippen LogP contribution in [0.2, 0.25) is 0 Å². The Morgan fingerprint density at radius 3 is 2.24 bits per heavy atom. The average Bonchev–Trinajstić information content (AvgIpc) is 3.15. The highest BCUT2D eigenvalue weighted by atomic mass is 32.2. The summed E-state index contributed by atoms with van der Waals surface area (Å²) in [5.74, 6) is -0.712. The van der Waals surface area contributed by atoms with Gasteiger partial charge in [0.25, 0.3) is 15.9 Å². The molecule has 0 aliphatic carbocycles. The largest absolute Gasteiger partial charge is 0.467 e. The molecule has 0 spiro atoms. The first kappa shape index (κ1) is 23.5. The van der Waals surface area contributed by atoms with E-state index >= 15 is 0 Å². The normalized spacial score (nSPS) is 14.1. The lowest BCUT2D eigenvalue weighted by molar-refractivity contribution is -0.147. The fraction of sp³-hybridized carbons (Fsp3) is 0.231. The van der Waals surface area contributed by atoms with E-state index in [4.69, 9.17) is 4.74 Å². The molecule has 0 aromatic heterocycles. The second kappa shape index (κ2) is 9.30. The topological polar surface area (TPSA) is 92.8 Å². The van der Waals surface area contributed by atoms with Gasteiger partial charge in [0.1, 0.15) is 6.04 Å². The second-order valence-electron chi connectivity index (χ2n) is 8.51. The van der Waals surface area contributed by atoms with Crippen LogP contribution in [0.5, 0.6) is 0 Å². The van der Waals surface area contributed by atoms with Crippen LogP contribution in [0.25, 0.3) is 11.1 Å². The van der Waals surface area contributed by atoms with Crippen molar-refractivity contribution in [2.24, 2.45) is 5.92 Å². The number of carbonyl (C=O) groups is 2. The molecule has 0 saturated heterocycles. The van der Waals surface area contributed by atoms with Crippen LogP contribution >= 0.6 is 0 Å². The molecule has 176 valence electrons. The van der Waals surface area contributed by atoms with Gasteiger partial charge < -0.3 is 9.64 Å². The van der Waals surface area contributed by atoms with Crippen LogP contribution in [0.3, 0.4) is 0 Å². The van der Waals surface area contributed by atoms with Crippen molar-refractivity contribution in [2.45, 2.75) is 31.3 Å². The van der Waals surface area contributed by atoms with Gasteiger partial charge in [-0.05, 0) is 52.9 Å². The van der Waals surface area contributed by atoms with Gasteiger partial charge >= 0.3 is 5.97 Å². The minimum Gasteiger partial charge on any atom is -0.467 e. The van der Waals surface area contributed by atoms with Gasteiger partial charge in [0.15, 0.2) is 0 Å². The van der Waals surface area contributed by atoms with Crippen molar-refractivity contribution in [1.82, 2.24) is 4.90 Å². The molecule has 34 heavy (non-hydrogen) atoms. The fourth-order valence-corrected chi connectivity index (χ4v) is 5.23. The van der Waals surface area contributed by atoms with Gasteiger partial charge in [-0.3, -0.25) is 9.52 Å². The number of amides is 1. The predicted molar refractivity (Wildman–Crippen MR) is 130 cm³/mol. The van der Waals surface area contributed by atoms with E-state index in [0.717, 1.165) is 16.7 Å². The Morgan fingerprint density at radius 1 is 0.971 bits per heavy atom. The molecule has 3 aromatic carbocycles. The second-order valence-corrected chi connectivity index (χ2v) is 10.2. The van der Waals surface area contributed by atoms with Crippen molar-refractivity contribution >= 4 is 27.6 Å². The number of esters is 1. The van der Waals surface area contributed by atoms with Crippen molar-refractivity contribution < 1.29 is 22.7 Å². The number of carbonyl (C=O) groups excluding carboxylic acids is 2. The molecule has 0 saturated carbocycles. The average molecular weight is 479 g/mol. The minimum atomic E-state index is -3.67. The number of rotatable bonds is 7. The summed E-state index contributed by atoms with van der Waals surface area (Å²) in [6, 6.07) is 20.1. The monoisotopic (exact) mass is 478 g/mol. The van der Waals surface area contributed by atoms with E-state index in [1.165, 1.54) is 19.2 Å². The maximum atomic E-state index is 13.1. The molecule has 1 amide bonds. The maximum absolute atomic E-state index is 13.1. The summed E-state index contributed by atoms with van der Waals surface area (Å²) >= 11 is 0. The molecule has 0 unspecified atom stereocenters. The lowest BCUT2D eigenvalue weighted by Gasteiger charge is -2.28. The summed E-state index contributed by atoms with van der Waals surface area (Å²) < 4.78 is 32.6. The molecule has 1 N–H and O–H groups in total. The van der Waals surface area contributed by atoms with E-state index in [-0.39, 0.29) is 16.7 Å². The lowest BCUT2D eigenvalue weighted by Crippen LogP contribution is -2.45. The van der Waals surface area contributed by atoms with Crippen LogP contribution < -0.4 is 4.72 Å². The van der Waals surface area contributed by atoms with E-state index in [0.29, 0.717) is 17.8 Å². The zero-order valence-electron chi connectivity index (χ0n) is 19.2. The first-order valence-corrected chi connectivity index (χ1v) is 12.4. The van der Waals surface area contributed by atoms with Crippen LogP contribution in [0.4, 0.5) is 5.69 Å². The standard InChI is InChI=1S/C26H26N2O5S/c1-17(2)24(26(30)33-3)28-16-20-10-9-19(15-23(20)25(28)29)18-11-13-21(14-12-18)27-34(31,32)22-7-5-4-6-8-22/h4-15,17,24,27H,16H2,1-3H3/t24-/m0/s1. The van der Waals surface area contributed by atoms with E-state index in [1.807, 2.05) is 32.0 Å². The zero-order chi connectivity index (χ0) is 24.5. The highest BCUT2D eigenvalue weighted by molar-refractivity contribution is 7.92. The quantitative estimate of drug-likeness (QED) is 0.511. The van der Waals surface area contributed by atoms with Crippen LogP contribution in [-0.2, 0) is 26.1 Å². The third-order valence-corrected chi connectivity index (χ3v) is 7.27. The van der Waals surface area contributed by atoms with Gasteiger partial charge in [-0.25, -0.2) is 13.2 Å². The molecule has 4 rings (SSSR count). The van der Waals surface area contributed by atoms with Gasteiger partial charge in [0.05, 0.1) is 12.0 Å². The maximum Gasteiger partial charge on any atom is 0.328 e. The van der Waals surface area contributed by atoms with Crippen molar-refractivity contribution in [3.05, 3.63) is 83.9 Å². The number of hydrogen-bond donors (Lipinski definition) is 1. The smallest absolute Gasteiger partial charge is 0.328 e. The van der Waals surface area contributed by atoms with Crippen molar-refractivity contribution in [2.75, 3.05) is 11.8 Å². The molecule has 7 nitrogen and oxygen atoms in total. The Morgan fingerprint density at radius 2 is 1.62 bits per heavy atom. The highest BCUT2D eigenvalue weighted by Gasteiger charge is 2.38. The molecule has 1 aliphatic rings. The first-order valence-electron chi connectivity index (χ1n) is 10.9. The zero-order valence-corrected chi connectivity index (χ0v) is 20.0. The van der Waals surface area contributed by atoms with Crippen molar-refractivity contribution in [1.29, 1.82) is 0 Å². The Bertz CT molecular complexity index is 1320. The number of fused-ring (bicyclic) bond motifs is 1. The molecule has 0 fully saturated rings. The Balaban J connectivity index is 1.55. The molecular formula is C26H26N2O5S. The van der Waals surface area contributed by atoms with Crippen LogP contribution in [0.1, 0.15) is 29.8 Å². The summed E-state index contributed by atoms with van der Waals surface area (Å²) in [7, 11) is -2.35. The van der Waals surface area contributed by atoms with Crippen molar-refractivity contribution in [3.63, 3.8) is 0 Å². The Kier molecular flexibility index (Phi) is 6.43. The molecule has 1 aliphatic heterocycles. The van der Waals surface area contributed by atoms with Gasteiger partial charge in [-0.1, -0.05) is 56.3 Å². The third-order valence-electron chi connectivity index (χ3n) is 5.88. The molecule has 8 heteroatoms. The van der Waals surface area contributed by atoms with E-state index in [1.54, 1.807) is 47.4 Å². The van der Waals surface area contributed by atoms with Crippen LogP contribution in [0, 0.1) is 5.92 Å². The molecule has 1 heterocycles. The van der Waals surface area contributed by atoms with E-state index in [9.17, 15) is 18.0 Å². The van der Waals surface area contributed by atoms with Crippen molar-refractivity contribution in [3.8, 4) is 11.1 Å². The SMILES string of the molecule is COC(=O)[C@H](C(C)C)N1Cc2ccc(-c3ccc(NS(=O)(=O)c4ccccc4)cc3)cc2C1=O.